The number of aromatic amines is 2. The van der Waals surface area contributed by atoms with Crippen LogP contribution < -0.4 is 9.47 Å². The zero-order valence-corrected chi connectivity index (χ0v) is 41.1. The number of aliphatic hydroxyl groups is 2. The third kappa shape index (κ3) is 10.0. The fourth-order valence-electron chi connectivity index (χ4n) is 11.0. The maximum atomic E-state index is 11.8. The molecule has 0 amide bonds. The molecule has 6 aliphatic rings. The Morgan fingerprint density at radius 1 is 0.634 bits per heavy atom. The van der Waals surface area contributed by atoms with Crippen molar-refractivity contribution < 1.29 is 57.0 Å². The van der Waals surface area contributed by atoms with E-state index < -0.39 is 28.2 Å². The maximum Gasteiger partial charge on any atom is 0.306 e. The Morgan fingerprint density at radius 3 is 1.48 bits per heavy atom. The summed E-state index contributed by atoms with van der Waals surface area (Å²) in [6, 6.07) is 23.8. The number of hydrogen-bond donors (Lipinski definition) is 5. The van der Waals surface area contributed by atoms with Gasteiger partial charge in [0.05, 0.1) is 82.1 Å². The summed E-state index contributed by atoms with van der Waals surface area (Å²) in [7, 11) is -3.13. The lowest BCUT2D eigenvalue weighted by Crippen LogP contribution is -2.37. The van der Waals surface area contributed by atoms with Crippen molar-refractivity contribution in [2.24, 2.45) is 5.92 Å². The number of piperidine rings is 1. The Kier molecular flexibility index (Phi) is 13.5. The van der Waals surface area contributed by atoms with E-state index in [4.69, 9.17) is 61.6 Å². The van der Waals surface area contributed by atoms with Gasteiger partial charge in [0.1, 0.15) is 36.6 Å². The van der Waals surface area contributed by atoms with E-state index >= 15 is 0 Å². The standard InChI is InChI=1S/C26H27ClN2O6.C25H28ClN3O6S/c27-17-9-18-19(10-22(28-18)35-21-12-34-24-20(30)11-33-25(21)24)29-23(17)15-5-1-13(2-6-15)14-3-7-16(8-4-14)26(31)32;1-36(31,32)29-8-6-15(7-9-29)14-2-4-16(5-3-14)23-17(26)10-18-19(28-23)11-22(27-18)35-21-13-34-24-20(30)12-33-25(21)24/h1-2,5-6,9-10,14,16,20-21,24-25,28,30H,3-4,7-8,11-12H2,(H,31,32);2-5,10-11,15,20-21,24-25,27,30H,6-9,12-13H2,1H3/t14?,16?,20-,21-,24-,25-;20-,21-,24-,25-/m11/s1. The number of carboxylic acid groups (broad SMARTS) is 1. The molecule has 2 aromatic carbocycles. The molecule has 6 fully saturated rings. The maximum absolute atomic E-state index is 11.8. The fraction of sp³-hybridized carbons (Fsp3) is 0.471. The molecule has 5 aliphatic heterocycles. The van der Waals surface area contributed by atoms with Crippen molar-refractivity contribution in [3.05, 3.63) is 94.0 Å². The predicted molar refractivity (Wildman–Crippen MR) is 264 cm³/mol. The number of hydrogen-bond acceptors (Lipinski definition) is 13. The number of carboxylic acids is 1. The summed E-state index contributed by atoms with van der Waals surface area (Å²) in [4.78, 5) is 27.2. The van der Waals surface area contributed by atoms with Crippen LogP contribution in [0.5, 0.6) is 11.8 Å². The van der Waals surface area contributed by atoms with Crippen LogP contribution in [0.1, 0.15) is 61.5 Å². The van der Waals surface area contributed by atoms with Crippen LogP contribution in [0.15, 0.2) is 72.8 Å². The van der Waals surface area contributed by atoms with Crippen LogP contribution in [0.3, 0.4) is 0 Å². The lowest BCUT2D eigenvalue weighted by molar-refractivity contribution is -0.142. The SMILES string of the molecule is CS(=O)(=O)N1CCC(c2ccc(-c3nc4cc(O[C@@H]5CO[C@H]6[C@@H]5OC[C@H]6O)[nH]c4cc3Cl)cc2)CC1.O=C(O)C1CCC(c2ccc(-c3nc4cc(O[C@@H]5CO[C@H]6[C@@H]5OC[C@H]6O)[nH]c4cc3Cl)cc2)CC1. The van der Waals surface area contributed by atoms with E-state index in [0.29, 0.717) is 71.3 Å². The van der Waals surface area contributed by atoms with Crippen LogP contribution in [0.4, 0.5) is 0 Å². The van der Waals surface area contributed by atoms with Crippen molar-refractivity contribution in [1.82, 2.24) is 24.2 Å². The van der Waals surface area contributed by atoms with Gasteiger partial charge >= 0.3 is 5.97 Å². The van der Waals surface area contributed by atoms with Crippen LogP contribution in [0, 0.1) is 5.92 Å². The normalized spacial score (nSPS) is 29.0. The zero-order valence-electron chi connectivity index (χ0n) is 38.8. The summed E-state index contributed by atoms with van der Waals surface area (Å²) in [5.74, 6) is 0.915. The molecule has 6 aromatic rings. The quantitative estimate of drug-likeness (QED) is 0.0925. The molecule has 12 rings (SSSR count). The van der Waals surface area contributed by atoms with E-state index in [2.05, 4.69) is 34.2 Å². The van der Waals surface area contributed by atoms with Gasteiger partial charge in [-0.2, -0.15) is 0 Å². The smallest absolute Gasteiger partial charge is 0.306 e. The average molecular weight is 1030 g/mol. The molecule has 1 saturated carbocycles. The summed E-state index contributed by atoms with van der Waals surface area (Å²) in [6.45, 7) is 2.31. The van der Waals surface area contributed by atoms with E-state index in [1.165, 1.54) is 17.4 Å². The average Bonchev–Trinajstić information content (AvgIpc) is 4.24. The summed E-state index contributed by atoms with van der Waals surface area (Å²) in [5, 5.41) is 30.2. The molecule has 4 aromatic heterocycles. The van der Waals surface area contributed by atoms with E-state index in [9.17, 15) is 28.5 Å². The van der Waals surface area contributed by atoms with E-state index in [1.807, 2.05) is 48.5 Å². The van der Waals surface area contributed by atoms with Crippen LogP contribution >= 0.6 is 23.2 Å². The van der Waals surface area contributed by atoms with Gasteiger partial charge < -0.3 is 53.7 Å². The molecule has 0 spiro atoms. The van der Waals surface area contributed by atoms with Gasteiger partial charge in [-0.15, -0.1) is 0 Å². The second kappa shape index (κ2) is 19.9. The molecule has 0 bridgehead atoms. The van der Waals surface area contributed by atoms with Crippen molar-refractivity contribution in [2.45, 2.75) is 99.2 Å². The van der Waals surface area contributed by atoms with E-state index in [-0.39, 0.29) is 55.8 Å². The van der Waals surface area contributed by atoms with Crippen molar-refractivity contribution in [1.29, 1.82) is 0 Å². The monoisotopic (exact) mass is 1030 g/mol. The number of pyridine rings is 2. The second-order valence-electron chi connectivity index (χ2n) is 19.5. The highest BCUT2D eigenvalue weighted by atomic mass is 35.5. The molecule has 5 saturated heterocycles. The Morgan fingerprint density at radius 2 is 1.06 bits per heavy atom. The summed E-state index contributed by atoms with van der Waals surface area (Å²) >= 11 is 13.2. The molecule has 1 aliphatic carbocycles. The lowest BCUT2D eigenvalue weighted by Gasteiger charge is -2.30. The minimum absolute atomic E-state index is 0.213. The first-order chi connectivity index (χ1) is 34.2. The first-order valence-corrected chi connectivity index (χ1v) is 26.8. The Labute approximate surface area is 419 Å². The molecule has 71 heavy (non-hydrogen) atoms. The molecule has 20 heteroatoms. The number of ether oxygens (including phenoxy) is 6. The number of rotatable bonds is 10. The Bertz CT molecular complexity index is 3010. The third-order valence-corrected chi connectivity index (χ3v) is 16.8. The van der Waals surface area contributed by atoms with Gasteiger partial charge in [0.25, 0.3) is 0 Å². The number of halogens is 2. The highest BCUT2D eigenvalue weighted by Crippen LogP contribution is 2.39. The topological polar surface area (TPSA) is 228 Å². The highest BCUT2D eigenvalue weighted by Gasteiger charge is 2.49. The molecular weight excluding hydrogens is 978 g/mol. The Balaban J connectivity index is 0.000000154. The number of benzene rings is 2. The molecule has 0 unspecified atom stereocenters. The van der Waals surface area contributed by atoms with Crippen LogP contribution in [0.2, 0.25) is 10.0 Å². The third-order valence-electron chi connectivity index (χ3n) is 14.9. The molecule has 5 N–H and O–H groups in total. The lowest BCUT2D eigenvalue weighted by atomic mass is 9.78. The second-order valence-corrected chi connectivity index (χ2v) is 22.3. The first kappa shape index (κ1) is 48.4. The number of fused-ring (bicyclic) bond motifs is 4. The van der Waals surface area contributed by atoms with Crippen LogP contribution in [0.25, 0.3) is 44.6 Å². The number of carbonyl (C=O) groups is 1. The predicted octanol–water partition coefficient (Wildman–Crippen LogP) is 7.08. The number of nitrogens with zero attached hydrogens (tertiary/aromatic N) is 3. The largest absolute Gasteiger partial charge is 0.481 e. The van der Waals surface area contributed by atoms with Gasteiger partial charge in [0.15, 0.2) is 24.0 Å². The number of aromatic nitrogens is 4. The van der Waals surface area contributed by atoms with E-state index in [1.54, 1.807) is 4.31 Å². The number of sulfonamides is 1. The molecular formula is C51H55Cl2N5O12S. The molecule has 9 heterocycles. The van der Waals surface area contributed by atoms with Crippen molar-refractivity contribution in [3.63, 3.8) is 0 Å². The van der Waals surface area contributed by atoms with Gasteiger partial charge in [-0.25, -0.2) is 22.7 Å². The summed E-state index contributed by atoms with van der Waals surface area (Å²) in [6.07, 6.45) is 2.97. The number of nitrogens with one attached hydrogen (secondary N) is 2. The number of aliphatic hydroxyl groups excluding tert-OH is 2. The van der Waals surface area contributed by atoms with Crippen LogP contribution in [-0.4, -0.2) is 149 Å². The molecule has 0 radical (unpaired) electrons. The number of aliphatic carboxylic acids is 1. The molecule has 17 nitrogen and oxygen atoms in total. The molecule has 8 atom stereocenters. The number of H-pyrrole nitrogens is 2. The van der Waals surface area contributed by atoms with Crippen molar-refractivity contribution in [2.75, 3.05) is 45.8 Å². The first-order valence-electron chi connectivity index (χ1n) is 24.2. The Hall–Kier alpha value is -4.86. The summed E-state index contributed by atoms with van der Waals surface area (Å²) < 4.78 is 59.8. The zero-order chi connectivity index (χ0) is 49.1. The van der Waals surface area contributed by atoms with Gasteiger partial charge in [0, 0.05) is 36.3 Å². The minimum atomic E-state index is -3.13. The molecule has 376 valence electrons. The van der Waals surface area contributed by atoms with Gasteiger partial charge in [-0.05, 0) is 73.6 Å². The van der Waals surface area contributed by atoms with Gasteiger partial charge in [-0.3, -0.25) is 4.79 Å². The van der Waals surface area contributed by atoms with Gasteiger partial charge in [-0.1, -0.05) is 71.7 Å². The van der Waals surface area contributed by atoms with Crippen molar-refractivity contribution >= 4 is 61.3 Å². The van der Waals surface area contributed by atoms with Crippen molar-refractivity contribution in [3.8, 4) is 34.3 Å². The fourth-order valence-corrected chi connectivity index (χ4v) is 12.4. The minimum Gasteiger partial charge on any atom is -0.481 e. The highest BCUT2D eigenvalue weighted by molar-refractivity contribution is 7.88. The van der Waals surface area contributed by atoms with Gasteiger partial charge in [0.2, 0.25) is 10.0 Å². The van der Waals surface area contributed by atoms with Crippen LogP contribution in [-0.2, 0) is 33.8 Å². The summed E-state index contributed by atoms with van der Waals surface area (Å²) in [5.41, 5.74) is 8.60. The van der Waals surface area contributed by atoms with E-state index in [0.717, 1.165) is 71.7 Å².